The Labute approximate surface area is 181 Å². The van der Waals surface area contributed by atoms with Gasteiger partial charge in [-0.1, -0.05) is 54.1 Å². The quantitative estimate of drug-likeness (QED) is 0.722. The van der Waals surface area contributed by atoms with Crippen LogP contribution in [0.15, 0.2) is 60.4 Å². The van der Waals surface area contributed by atoms with E-state index in [-0.39, 0.29) is 11.9 Å². The van der Waals surface area contributed by atoms with Crippen molar-refractivity contribution in [3.8, 4) is 0 Å². The van der Waals surface area contributed by atoms with E-state index in [1.54, 1.807) is 11.8 Å². The molecule has 1 atom stereocenters. The number of carbonyl (C=O) groups excluding carboxylic acids is 1. The SMILES string of the molecule is O=C(NC[C@H](c1ccc(Cl)cc1)N1CCCC1)C1=C(c2ccccc2)SCCO1. The van der Waals surface area contributed by atoms with Crippen LogP contribution in [0.25, 0.3) is 4.91 Å². The highest BCUT2D eigenvalue weighted by molar-refractivity contribution is 8.08. The van der Waals surface area contributed by atoms with Crippen LogP contribution >= 0.6 is 23.4 Å². The molecular formula is C23H25ClN2O2S. The summed E-state index contributed by atoms with van der Waals surface area (Å²) in [6.07, 6.45) is 2.39. The third-order valence-corrected chi connectivity index (χ3v) is 6.65. The summed E-state index contributed by atoms with van der Waals surface area (Å²) in [4.78, 5) is 16.4. The number of halogens is 1. The Hall–Kier alpha value is -1.95. The summed E-state index contributed by atoms with van der Waals surface area (Å²) in [7, 11) is 0. The molecule has 29 heavy (non-hydrogen) atoms. The lowest BCUT2D eigenvalue weighted by Gasteiger charge is -2.29. The van der Waals surface area contributed by atoms with Crippen molar-refractivity contribution in [2.24, 2.45) is 0 Å². The van der Waals surface area contributed by atoms with E-state index < -0.39 is 0 Å². The summed E-state index contributed by atoms with van der Waals surface area (Å²) in [6.45, 7) is 3.19. The predicted molar refractivity (Wildman–Crippen MR) is 120 cm³/mol. The molecule has 2 aromatic rings. The number of nitrogens with one attached hydrogen (secondary N) is 1. The first kappa shape index (κ1) is 20.3. The molecule has 4 nitrogen and oxygen atoms in total. The van der Waals surface area contributed by atoms with Gasteiger partial charge in [0, 0.05) is 17.3 Å². The van der Waals surface area contributed by atoms with Crippen molar-refractivity contribution in [3.05, 3.63) is 76.5 Å². The first-order valence-corrected chi connectivity index (χ1v) is 11.4. The molecule has 2 aromatic carbocycles. The summed E-state index contributed by atoms with van der Waals surface area (Å²) in [5.74, 6) is 1.14. The van der Waals surface area contributed by atoms with E-state index in [1.165, 1.54) is 18.4 Å². The van der Waals surface area contributed by atoms with Crippen LogP contribution < -0.4 is 5.32 Å². The normalized spacial score (nSPS) is 18.4. The number of nitrogens with zero attached hydrogens (tertiary/aromatic N) is 1. The fourth-order valence-corrected chi connectivity index (χ4v) is 4.94. The molecule has 0 spiro atoms. The van der Waals surface area contributed by atoms with Gasteiger partial charge in [0.25, 0.3) is 5.91 Å². The third-order valence-electron chi connectivity index (χ3n) is 5.32. The smallest absolute Gasteiger partial charge is 0.287 e. The zero-order chi connectivity index (χ0) is 20.1. The van der Waals surface area contributed by atoms with Crippen molar-refractivity contribution in [1.82, 2.24) is 10.2 Å². The average Bonchev–Trinajstić information content (AvgIpc) is 3.30. The summed E-state index contributed by atoms with van der Waals surface area (Å²) in [6, 6.07) is 18.1. The average molecular weight is 429 g/mol. The highest BCUT2D eigenvalue weighted by atomic mass is 35.5. The molecule has 2 aliphatic rings. The molecule has 6 heteroatoms. The summed E-state index contributed by atoms with van der Waals surface area (Å²) < 4.78 is 5.80. The largest absolute Gasteiger partial charge is 0.486 e. The van der Waals surface area contributed by atoms with Crippen molar-refractivity contribution in [2.45, 2.75) is 18.9 Å². The number of rotatable bonds is 6. The summed E-state index contributed by atoms with van der Waals surface area (Å²) in [5, 5.41) is 3.86. The highest BCUT2D eigenvalue weighted by Gasteiger charge is 2.27. The van der Waals surface area contributed by atoms with Crippen LogP contribution in [0.2, 0.25) is 5.02 Å². The Morgan fingerprint density at radius 2 is 1.83 bits per heavy atom. The van der Waals surface area contributed by atoms with E-state index in [2.05, 4.69) is 22.3 Å². The molecule has 152 valence electrons. The lowest BCUT2D eigenvalue weighted by Crippen LogP contribution is -2.38. The van der Waals surface area contributed by atoms with Crippen LogP contribution in [0.5, 0.6) is 0 Å². The number of likely N-dealkylation sites (tertiary alicyclic amines) is 1. The lowest BCUT2D eigenvalue weighted by molar-refractivity contribution is -0.121. The zero-order valence-electron chi connectivity index (χ0n) is 16.3. The zero-order valence-corrected chi connectivity index (χ0v) is 17.8. The Morgan fingerprint density at radius 1 is 1.10 bits per heavy atom. The molecule has 0 aromatic heterocycles. The second-order valence-electron chi connectivity index (χ2n) is 7.24. The van der Waals surface area contributed by atoms with Crippen LogP contribution in [0.3, 0.4) is 0 Å². The van der Waals surface area contributed by atoms with Crippen molar-refractivity contribution in [3.63, 3.8) is 0 Å². The number of thioether (sulfide) groups is 1. The molecule has 0 unspecified atom stereocenters. The van der Waals surface area contributed by atoms with E-state index in [0.29, 0.717) is 18.9 Å². The first-order valence-electron chi connectivity index (χ1n) is 10.1. The minimum absolute atomic E-state index is 0.135. The number of ether oxygens (including phenoxy) is 1. The monoisotopic (exact) mass is 428 g/mol. The van der Waals surface area contributed by atoms with Gasteiger partial charge in [0.2, 0.25) is 0 Å². The molecule has 1 N–H and O–H groups in total. The first-order chi connectivity index (χ1) is 14.2. The Morgan fingerprint density at radius 3 is 2.55 bits per heavy atom. The number of benzene rings is 2. The minimum atomic E-state index is -0.144. The molecule has 2 heterocycles. The van der Waals surface area contributed by atoms with Crippen LogP contribution in [0.4, 0.5) is 0 Å². The highest BCUT2D eigenvalue weighted by Crippen LogP contribution is 2.34. The van der Waals surface area contributed by atoms with Crippen molar-refractivity contribution in [2.75, 3.05) is 32.0 Å². The molecular weight excluding hydrogens is 404 g/mol. The van der Waals surface area contributed by atoms with E-state index in [0.717, 1.165) is 34.3 Å². The van der Waals surface area contributed by atoms with Gasteiger partial charge >= 0.3 is 0 Å². The van der Waals surface area contributed by atoms with Crippen molar-refractivity contribution >= 4 is 34.2 Å². The van der Waals surface area contributed by atoms with E-state index in [9.17, 15) is 4.79 Å². The van der Waals surface area contributed by atoms with Crippen LogP contribution in [0, 0.1) is 0 Å². The van der Waals surface area contributed by atoms with E-state index in [4.69, 9.17) is 16.3 Å². The summed E-state index contributed by atoms with van der Waals surface area (Å²) >= 11 is 7.75. The van der Waals surface area contributed by atoms with Crippen LogP contribution in [-0.2, 0) is 9.53 Å². The van der Waals surface area contributed by atoms with Crippen molar-refractivity contribution in [1.29, 1.82) is 0 Å². The van der Waals surface area contributed by atoms with Gasteiger partial charge in [-0.25, -0.2) is 0 Å². The number of amides is 1. The second kappa shape index (κ2) is 9.70. The van der Waals surface area contributed by atoms with Gasteiger partial charge in [-0.15, -0.1) is 11.8 Å². The maximum atomic E-state index is 13.0. The molecule has 0 aliphatic carbocycles. The number of hydrogen-bond donors (Lipinski definition) is 1. The van der Waals surface area contributed by atoms with Crippen molar-refractivity contribution < 1.29 is 9.53 Å². The van der Waals surface area contributed by atoms with E-state index in [1.807, 2.05) is 42.5 Å². The standard InChI is InChI=1S/C23H25ClN2O2S/c24-19-10-8-17(9-11-19)20(26-12-4-5-13-26)16-25-23(27)21-22(29-15-14-28-21)18-6-2-1-3-7-18/h1-3,6-11,20H,4-5,12-16H2,(H,25,27)/t20-/m1/s1. The Balaban J connectivity index is 1.52. The van der Waals surface area contributed by atoms with Gasteiger partial charge < -0.3 is 10.1 Å². The Kier molecular flexibility index (Phi) is 6.80. The predicted octanol–water partition coefficient (Wildman–Crippen LogP) is 4.73. The maximum Gasteiger partial charge on any atom is 0.287 e. The molecule has 1 amide bonds. The molecule has 2 aliphatic heterocycles. The topological polar surface area (TPSA) is 41.6 Å². The molecule has 0 radical (unpaired) electrons. The maximum absolute atomic E-state index is 13.0. The molecule has 1 fully saturated rings. The van der Waals surface area contributed by atoms with E-state index >= 15 is 0 Å². The molecule has 4 rings (SSSR count). The number of carbonyl (C=O) groups is 1. The molecule has 0 bridgehead atoms. The van der Waals surface area contributed by atoms with Gasteiger partial charge in [-0.2, -0.15) is 0 Å². The fraction of sp³-hybridized carbons (Fsp3) is 0.348. The molecule has 0 saturated carbocycles. The van der Waals surface area contributed by atoms with Gasteiger partial charge in [-0.3, -0.25) is 9.69 Å². The minimum Gasteiger partial charge on any atom is -0.486 e. The van der Waals surface area contributed by atoms with Gasteiger partial charge in [-0.05, 0) is 49.2 Å². The Bertz CT molecular complexity index is 864. The lowest BCUT2D eigenvalue weighted by atomic mass is 10.1. The fourth-order valence-electron chi connectivity index (χ4n) is 3.86. The van der Waals surface area contributed by atoms with Gasteiger partial charge in [0.15, 0.2) is 5.76 Å². The van der Waals surface area contributed by atoms with Crippen LogP contribution in [-0.4, -0.2) is 42.8 Å². The molecule has 1 saturated heterocycles. The van der Waals surface area contributed by atoms with Crippen LogP contribution in [0.1, 0.15) is 30.0 Å². The van der Waals surface area contributed by atoms with Gasteiger partial charge in [0.1, 0.15) is 0 Å². The number of hydrogen-bond acceptors (Lipinski definition) is 4. The second-order valence-corrected chi connectivity index (χ2v) is 8.78. The third kappa shape index (κ3) is 4.97. The summed E-state index contributed by atoms with van der Waals surface area (Å²) in [5.41, 5.74) is 2.20. The van der Waals surface area contributed by atoms with Gasteiger partial charge in [0.05, 0.1) is 17.6 Å².